The molecule has 1 atom stereocenters. The van der Waals surface area contributed by atoms with Crippen molar-refractivity contribution in [2.45, 2.75) is 39.7 Å². The third-order valence-corrected chi connectivity index (χ3v) is 2.60. The lowest BCUT2D eigenvalue weighted by Gasteiger charge is -2.29. The van der Waals surface area contributed by atoms with Crippen LogP contribution >= 0.6 is 0 Å². The maximum Gasteiger partial charge on any atom is 0.256 e. The van der Waals surface area contributed by atoms with Crippen molar-refractivity contribution >= 4 is 11.8 Å². The molecule has 5 heteroatoms. The number of nitrogens with zero attached hydrogens (tertiary/aromatic N) is 1. The van der Waals surface area contributed by atoms with Crippen LogP contribution in [0.4, 0.5) is 0 Å². The number of nitrogens with two attached hydrogens (primary N) is 1. The van der Waals surface area contributed by atoms with Crippen LogP contribution in [0.3, 0.4) is 0 Å². The Hall–Kier alpha value is -1.10. The van der Waals surface area contributed by atoms with E-state index in [9.17, 15) is 9.59 Å². The van der Waals surface area contributed by atoms with Crippen molar-refractivity contribution in [2.24, 2.45) is 11.3 Å². The largest absolute Gasteiger partial charge is 0.330 e. The second kappa shape index (κ2) is 4.18. The quantitative estimate of drug-likeness (QED) is 0.366. The summed E-state index contributed by atoms with van der Waals surface area (Å²) in [6.07, 6.45) is 1.56. The molecule has 1 saturated heterocycles. The van der Waals surface area contributed by atoms with Gasteiger partial charge in [-0.1, -0.05) is 20.8 Å². The zero-order valence-corrected chi connectivity index (χ0v) is 9.54. The summed E-state index contributed by atoms with van der Waals surface area (Å²) in [5.74, 6) is 4.82. The average molecular weight is 213 g/mol. The normalized spacial score (nSPS) is 21.6. The summed E-state index contributed by atoms with van der Waals surface area (Å²) in [7, 11) is 0. The van der Waals surface area contributed by atoms with Crippen LogP contribution in [0.25, 0.3) is 0 Å². The van der Waals surface area contributed by atoms with Crippen LogP contribution in [-0.2, 0) is 9.59 Å². The minimum atomic E-state index is -0.447. The smallest absolute Gasteiger partial charge is 0.256 e. The molecule has 1 heterocycles. The lowest BCUT2D eigenvalue weighted by atomic mass is 9.94. The van der Waals surface area contributed by atoms with Crippen molar-refractivity contribution in [3.8, 4) is 0 Å². The fourth-order valence-electron chi connectivity index (χ4n) is 1.81. The molecule has 0 radical (unpaired) electrons. The predicted molar refractivity (Wildman–Crippen MR) is 56.5 cm³/mol. The van der Waals surface area contributed by atoms with Crippen LogP contribution < -0.4 is 11.3 Å². The molecule has 0 aromatic heterocycles. The lowest BCUT2D eigenvalue weighted by Crippen LogP contribution is -2.50. The fraction of sp³-hybridized carbons (Fsp3) is 0.800. The summed E-state index contributed by atoms with van der Waals surface area (Å²) in [6, 6.07) is -0.387. The Bertz CT molecular complexity index is 270. The first-order chi connectivity index (χ1) is 6.88. The molecular weight excluding hydrogens is 194 g/mol. The van der Waals surface area contributed by atoms with Gasteiger partial charge in [0.2, 0.25) is 5.91 Å². The molecule has 0 saturated carbocycles. The van der Waals surface area contributed by atoms with Crippen LogP contribution in [0.15, 0.2) is 0 Å². The molecule has 0 aliphatic carbocycles. The van der Waals surface area contributed by atoms with E-state index in [4.69, 9.17) is 5.84 Å². The number of hydrogen-bond donors (Lipinski definition) is 2. The fourth-order valence-corrected chi connectivity index (χ4v) is 1.81. The van der Waals surface area contributed by atoms with E-state index in [1.807, 2.05) is 20.8 Å². The number of likely N-dealkylation sites (tertiary alicyclic amines) is 1. The molecule has 1 aliphatic heterocycles. The van der Waals surface area contributed by atoms with Crippen LogP contribution in [0, 0.1) is 5.41 Å². The molecular formula is C10H19N3O2. The van der Waals surface area contributed by atoms with Crippen molar-refractivity contribution in [1.82, 2.24) is 10.3 Å². The highest BCUT2D eigenvalue weighted by Gasteiger charge is 2.38. The van der Waals surface area contributed by atoms with E-state index in [-0.39, 0.29) is 17.9 Å². The summed E-state index contributed by atoms with van der Waals surface area (Å²) >= 11 is 0. The van der Waals surface area contributed by atoms with Crippen molar-refractivity contribution in [2.75, 3.05) is 6.54 Å². The number of amides is 2. The second-order valence-electron chi connectivity index (χ2n) is 4.92. The Balaban J connectivity index is 2.77. The van der Waals surface area contributed by atoms with Gasteiger partial charge in [0.15, 0.2) is 0 Å². The van der Waals surface area contributed by atoms with E-state index < -0.39 is 5.41 Å². The van der Waals surface area contributed by atoms with E-state index in [2.05, 4.69) is 5.43 Å². The first-order valence-corrected chi connectivity index (χ1v) is 5.19. The maximum atomic E-state index is 12.0. The summed E-state index contributed by atoms with van der Waals surface area (Å²) in [5.41, 5.74) is 1.66. The van der Waals surface area contributed by atoms with Crippen molar-refractivity contribution in [3.63, 3.8) is 0 Å². The minimum absolute atomic E-state index is 0.00796. The first-order valence-electron chi connectivity index (χ1n) is 5.19. The highest BCUT2D eigenvalue weighted by Crippen LogP contribution is 2.25. The van der Waals surface area contributed by atoms with Crippen molar-refractivity contribution in [1.29, 1.82) is 0 Å². The lowest BCUT2D eigenvalue weighted by molar-refractivity contribution is -0.144. The Labute approximate surface area is 90.0 Å². The van der Waals surface area contributed by atoms with Crippen LogP contribution in [0.2, 0.25) is 0 Å². The van der Waals surface area contributed by atoms with Crippen LogP contribution in [0.5, 0.6) is 0 Å². The minimum Gasteiger partial charge on any atom is -0.330 e. The van der Waals surface area contributed by atoms with Crippen molar-refractivity contribution < 1.29 is 9.59 Å². The van der Waals surface area contributed by atoms with E-state index in [1.165, 1.54) is 0 Å². The summed E-state index contributed by atoms with van der Waals surface area (Å²) in [6.45, 7) is 6.20. The summed E-state index contributed by atoms with van der Waals surface area (Å²) < 4.78 is 0. The number of nitrogens with one attached hydrogen (secondary N) is 1. The third kappa shape index (κ3) is 2.47. The highest BCUT2D eigenvalue weighted by molar-refractivity contribution is 5.89. The zero-order chi connectivity index (χ0) is 11.6. The van der Waals surface area contributed by atoms with Gasteiger partial charge in [-0.3, -0.25) is 15.0 Å². The van der Waals surface area contributed by atoms with Crippen LogP contribution in [0.1, 0.15) is 33.6 Å². The van der Waals surface area contributed by atoms with Crippen molar-refractivity contribution in [3.05, 3.63) is 0 Å². The van der Waals surface area contributed by atoms with E-state index in [1.54, 1.807) is 4.90 Å². The zero-order valence-electron chi connectivity index (χ0n) is 9.54. The van der Waals surface area contributed by atoms with Gasteiger partial charge in [-0.2, -0.15) is 0 Å². The molecule has 0 aromatic rings. The van der Waals surface area contributed by atoms with Gasteiger partial charge in [0.25, 0.3) is 5.91 Å². The molecule has 2 amide bonds. The third-order valence-electron chi connectivity index (χ3n) is 2.60. The Morgan fingerprint density at radius 3 is 2.47 bits per heavy atom. The van der Waals surface area contributed by atoms with Gasteiger partial charge in [0.1, 0.15) is 6.04 Å². The van der Waals surface area contributed by atoms with Gasteiger partial charge < -0.3 is 4.90 Å². The van der Waals surface area contributed by atoms with Crippen LogP contribution in [-0.4, -0.2) is 29.3 Å². The number of rotatable bonds is 1. The van der Waals surface area contributed by atoms with Gasteiger partial charge in [0.05, 0.1) is 0 Å². The molecule has 1 fully saturated rings. The first kappa shape index (κ1) is 12.0. The van der Waals surface area contributed by atoms with Gasteiger partial charge in [-0.05, 0) is 12.8 Å². The monoisotopic (exact) mass is 213 g/mol. The summed E-state index contributed by atoms with van der Waals surface area (Å²) in [4.78, 5) is 25.1. The molecule has 15 heavy (non-hydrogen) atoms. The van der Waals surface area contributed by atoms with Gasteiger partial charge in [0, 0.05) is 12.0 Å². The molecule has 1 aliphatic rings. The average Bonchev–Trinajstić information content (AvgIpc) is 2.62. The standard InChI is InChI=1S/C10H19N3O2/c1-10(2,3)9(15)13-6-4-5-7(13)8(14)12-11/h7H,4-6,11H2,1-3H3,(H,12,14). The van der Waals surface area contributed by atoms with E-state index in [0.717, 1.165) is 6.42 Å². The van der Waals surface area contributed by atoms with E-state index >= 15 is 0 Å². The summed E-state index contributed by atoms with van der Waals surface area (Å²) in [5, 5.41) is 0. The second-order valence-corrected chi connectivity index (χ2v) is 4.92. The topological polar surface area (TPSA) is 75.4 Å². The highest BCUT2D eigenvalue weighted by atomic mass is 16.2. The maximum absolute atomic E-state index is 12.0. The molecule has 3 N–H and O–H groups in total. The molecule has 5 nitrogen and oxygen atoms in total. The van der Waals surface area contributed by atoms with E-state index in [0.29, 0.717) is 13.0 Å². The number of carbonyl (C=O) groups is 2. The molecule has 0 spiro atoms. The SMILES string of the molecule is CC(C)(C)C(=O)N1CCCC1C(=O)NN. The number of hydrogen-bond acceptors (Lipinski definition) is 3. The number of hydrazine groups is 1. The number of carbonyl (C=O) groups excluding carboxylic acids is 2. The molecule has 1 unspecified atom stereocenters. The molecule has 0 bridgehead atoms. The Morgan fingerprint density at radius 2 is 2.00 bits per heavy atom. The predicted octanol–water partition coefficient (Wildman–Crippen LogP) is 0.0134. The molecule has 86 valence electrons. The van der Waals surface area contributed by atoms with Gasteiger partial charge in [-0.25, -0.2) is 5.84 Å². The van der Waals surface area contributed by atoms with Gasteiger partial charge in [-0.15, -0.1) is 0 Å². The molecule has 1 rings (SSSR count). The Kier molecular flexibility index (Phi) is 3.34. The Morgan fingerprint density at radius 1 is 1.40 bits per heavy atom. The van der Waals surface area contributed by atoms with Gasteiger partial charge >= 0.3 is 0 Å². The molecule has 0 aromatic carbocycles.